The summed E-state index contributed by atoms with van der Waals surface area (Å²) in [6.45, 7) is 1.63. The van der Waals surface area contributed by atoms with Gasteiger partial charge in [-0.3, -0.25) is 4.98 Å². The second-order valence-electron chi connectivity index (χ2n) is 2.71. The summed E-state index contributed by atoms with van der Waals surface area (Å²) in [6.07, 6.45) is 4.64. The van der Waals surface area contributed by atoms with Gasteiger partial charge >= 0.3 is 0 Å². The molecule has 0 saturated heterocycles. The van der Waals surface area contributed by atoms with E-state index >= 15 is 0 Å². The Morgan fingerprint density at radius 2 is 2.00 bits per heavy atom. The van der Waals surface area contributed by atoms with Crippen molar-refractivity contribution in [1.29, 1.82) is 0 Å². The van der Waals surface area contributed by atoms with Gasteiger partial charge in [-0.25, -0.2) is 9.07 Å². The molecule has 0 saturated carbocycles. The third-order valence-electron chi connectivity index (χ3n) is 1.77. The Kier molecular flexibility index (Phi) is 1.81. The molecule has 0 unspecified atom stereocenters. The maximum absolute atomic E-state index is 12.9. The predicted octanol–water partition coefficient (Wildman–Crippen LogP) is 1.71. The van der Waals surface area contributed by atoms with Gasteiger partial charge in [-0.05, 0) is 19.1 Å². The van der Waals surface area contributed by atoms with E-state index in [1.165, 1.54) is 10.9 Å². The highest BCUT2D eigenvalue weighted by Gasteiger charge is 2.03. The summed E-state index contributed by atoms with van der Waals surface area (Å²) in [5.41, 5.74) is 1.21. The van der Waals surface area contributed by atoms with Crippen LogP contribution in [-0.2, 0) is 0 Å². The average molecular weight is 177 g/mol. The van der Waals surface area contributed by atoms with Crippen LogP contribution >= 0.6 is 0 Å². The van der Waals surface area contributed by atoms with Crippen molar-refractivity contribution in [2.24, 2.45) is 0 Å². The number of pyridine rings is 1. The predicted molar refractivity (Wildman–Crippen MR) is 46.1 cm³/mol. The monoisotopic (exact) mass is 177 g/mol. The van der Waals surface area contributed by atoms with Crippen LogP contribution in [0.3, 0.4) is 0 Å². The molecule has 0 amide bonds. The molecular weight excluding hydrogens is 169 g/mol. The van der Waals surface area contributed by atoms with E-state index in [9.17, 15) is 4.39 Å². The molecule has 0 bridgehead atoms. The molecule has 3 nitrogen and oxygen atoms in total. The van der Waals surface area contributed by atoms with Gasteiger partial charge < -0.3 is 0 Å². The molecule has 13 heavy (non-hydrogen) atoms. The SMILES string of the molecule is Cc1nn(-c2ccncc2)cc1F. The van der Waals surface area contributed by atoms with Gasteiger partial charge in [0.05, 0.1) is 17.6 Å². The zero-order valence-corrected chi connectivity index (χ0v) is 7.11. The minimum Gasteiger partial charge on any atom is -0.265 e. The summed E-state index contributed by atoms with van der Waals surface area (Å²) in [6, 6.07) is 3.54. The highest BCUT2D eigenvalue weighted by atomic mass is 19.1. The topological polar surface area (TPSA) is 30.7 Å². The number of hydrogen-bond acceptors (Lipinski definition) is 2. The Bertz CT molecular complexity index is 389. The molecule has 2 rings (SSSR count). The second-order valence-corrected chi connectivity index (χ2v) is 2.71. The first-order chi connectivity index (χ1) is 6.27. The fourth-order valence-electron chi connectivity index (χ4n) is 1.07. The Balaban J connectivity index is 2.48. The molecule has 2 aromatic rings. The fraction of sp³-hybridized carbons (Fsp3) is 0.111. The van der Waals surface area contributed by atoms with Crippen molar-refractivity contribution in [2.45, 2.75) is 6.92 Å². The highest BCUT2D eigenvalue weighted by Crippen LogP contribution is 2.08. The molecule has 0 aromatic carbocycles. The van der Waals surface area contributed by atoms with Crippen molar-refractivity contribution < 1.29 is 4.39 Å². The van der Waals surface area contributed by atoms with Crippen LogP contribution in [0.4, 0.5) is 4.39 Å². The molecule has 0 spiro atoms. The number of rotatable bonds is 1. The third-order valence-corrected chi connectivity index (χ3v) is 1.77. The van der Waals surface area contributed by atoms with Gasteiger partial charge in [0, 0.05) is 12.4 Å². The Morgan fingerprint density at radius 3 is 2.54 bits per heavy atom. The molecule has 0 aliphatic rings. The lowest BCUT2D eigenvalue weighted by Gasteiger charge is -1.97. The zero-order chi connectivity index (χ0) is 9.26. The normalized spacial score (nSPS) is 10.3. The van der Waals surface area contributed by atoms with Crippen LogP contribution in [0.1, 0.15) is 5.69 Å². The van der Waals surface area contributed by atoms with E-state index < -0.39 is 0 Å². The average Bonchev–Trinajstić information content (AvgIpc) is 2.49. The van der Waals surface area contributed by atoms with Gasteiger partial charge in [0.15, 0.2) is 5.82 Å². The van der Waals surface area contributed by atoms with Gasteiger partial charge in [0.1, 0.15) is 0 Å². The Morgan fingerprint density at radius 1 is 1.31 bits per heavy atom. The number of aryl methyl sites for hydroxylation is 1. The minimum atomic E-state index is -0.295. The van der Waals surface area contributed by atoms with Crippen LogP contribution in [0.25, 0.3) is 5.69 Å². The summed E-state index contributed by atoms with van der Waals surface area (Å²) in [5.74, 6) is -0.295. The summed E-state index contributed by atoms with van der Waals surface area (Å²) < 4.78 is 14.4. The summed E-state index contributed by atoms with van der Waals surface area (Å²) >= 11 is 0. The summed E-state index contributed by atoms with van der Waals surface area (Å²) in [5, 5.41) is 3.99. The van der Waals surface area contributed by atoms with Crippen LogP contribution in [0.2, 0.25) is 0 Å². The lowest BCUT2D eigenvalue weighted by Crippen LogP contribution is -1.94. The van der Waals surface area contributed by atoms with Gasteiger partial charge in [0.25, 0.3) is 0 Å². The smallest absolute Gasteiger partial charge is 0.164 e. The van der Waals surface area contributed by atoms with E-state index in [1.54, 1.807) is 31.5 Å². The van der Waals surface area contributed by atoms with Crippen molar-refractivity contribution in [3.8, 4) is 5.69 Å². The van der Waals surface area contributed by atoms with Gasteiger partial charge in [-0.2, -0.15) is 5.10 Å². The van der Waals surface area contributed by atoms with E-state index in [1.807, 2.05) is 0 Å². The molecule has 0 atom stereocenters. The molecule has 4 heteroatoms. The van der Waals surface area contributed by atoms with Crippen LogP contribution < -0.4 is 0 Å². The van der Waals surface area contributed by atoms with Crippen molar-refractivity contribution in [2.75, 3.05) is 0 Å². The van der Waals surface area contributed by atoms with E-state index in [4.69, 9.17) is 0 Å². The minimum absolute atomic E-state index is 0.295. The Hall–Kier alpha value is -1.71. The third kappa shape index (κ3) is 1.42. The van der Waals surface area contributed by atoms with Crippen molar-refractivity contribution in [1.82, 2.24) is 14.8 Å². The number of aromatic nitrogens is 3. The zero-order valence-electron chi connectivity index (χ0n) is 7.11. The summed E-state index contributed by atoms with van der Waals surface area (Å²) in [4.78, 5) is 3.87. The maximum Gasteiger partial charge on any atom is 0.164 e. The molecule has 0 fully saturated rings. The van der Waals surface area contributed by atoms with Crippen molar-refractivity contribution in [3.63, 3.8) is 0 Å². The molecule has 0 radical (unpaired) electrons. The van der Waals surface area contributed by atoms with Crippen LogP contribution in [-0.4, -0.2) is 14.8 Å². The molecule has 2 heterocycles. The summed E-state index contributed by atoms with van der Waals surface area (Å²) in [7, 11) is 0. The molecule has 2 aromatic heterocycles. The van der Waals surface area contributed by atoms with E-state index in [-0.39, 0.29) is 5.82 Å². The van der Waals surface area contributed by atoms with Gasteiger partial charge in [-0.15, -0.1) is 0 Å². The van der Waals surface area contributed by atoms with E-state index in [0.717, 1.165) is 5.69 Å². The molecule has 0 aliphatic heterocycles. The number of nitrogens with zero attached hydrogens (tertiary/aromatic N) is 3. The standard InChI is InChI=1S/C9H8FN3/c1-7-9(10)6-13(12-7)8-2-4-11-5-3-8/h2-6H,1H3. The first-order valence-electron chi connectivity index (χ1n) is 3.89. The van der Waals surface area contributed by atoms with Crippen LogP contribution in [0.5, 0.6) is 0 Å². The Labute approximate surface area is 74.8 Å². The van der Waals surface area contributed by atoms with Gasteiger partial charge in [-0.1, -0.05) is 0 Å². The largest absolute Gasteiger partial charge is 0.265 e. The highest BCUT2D eigenvalue weighted by molar-refractivity contribution is 5.28. The van der Waals surface area contributed by atoms with Crippen molar-refractivity contribution in [3.05, 3.63) is 42.2 Å². The molecule has 66 valence electrons. The first-order valence-corrected chi connectivity index (χ1v) is 3.89. The van der Waals surface area contributed by atoms with Gasteiger partial charge in [0.2, 0.25) is 0 Å². The second kappa shape index (κ2) is 2.97. The number of hydrogen-bond donors (Lipinski definition) is 0. The van der Waals surface area contributed by atoms with E-state index in [2.05, 4.69) is 10.1 Å². The molecular formula is C9H8FN3. The van der Waals surface area contributed by atoms with E-state index in [0.29, 0.717) is 5.69 Å². The molecule has 0 aliphatic carbocycles. The first kappa shape index (κ1) is 7.91. The fourth-order valence-corrected chi connectivity index (χ4v) is 1.07. The van der Waals surface area contributed by atoms with Crippen molar-refractivity contribution >= 4 is 0 Å². The number of halogens is 1. The lowest BCUT2D eigenvalue weighted by atomic mass is 10.4. The maximum atomic E-state index is 12.9. The van der Waals surface area contributed by atoms with Crippen LogP contribution in [0, 0.1) is 12.7 Å². The van der Waals surface area contributed by atoms with Crippen LogP contribution in [0.15, 0.2) is 30.7 Å². The lowest BCUT2D eigenvalue weighted by molar-refractivity contribution is 0.618. The molecule has 0 N–H and O–H groups in total. The quantitative estimate of drug-likeness (QED) is 0.664.